The van der Waals surface area contributed by atoms with Gasteiger partial charge in [-0.1, -0.05) is 49.6 Å². The molecule has 0 bridgehead atoms. The Labute approximate surface area is 190 Å². The molecule has 1 nitrogen and oxygen atoms in total. The molecule has 3 rings (SSSR count). The number of hydrogen-bond acceptors (Lipinski definition) is 1. The van der Waals surface area contributed by atoms with Gasteiger partial charge in [0.25, 0.3) is 0 Å². The van der Waals surface area contributed by atoms with Crippen molar-refractivity contribution >= 4 is 0 Å². The number of halogens is 8. The summed E-state index contributed by atoms with van der Waals surface area (Å²) in [6, 6.07) is 10.5. The minimum atomic E-state index is -5.01. The van der Waals surface area contributed by atoms with E-state index in [1.165, 1.54) is 12.0 Å². The molecule has 0 amide bonds. The maximum atomic E-state index is 14.6. The summed E-state index contributed by atoms with van der Waals surface area (Å²) < 4.78 is 112. The van der Waals surface area contributed by atoms with Gasteiger partial charge >= 0.3 is 12.3 Å². The van der Waals surface area contributed by atoms with Gasteiger partial charge in [-0.3, -0.25) is 0 Å². The van der Waals surface area contributed by atoms with E-state index < -0.39 is 46.6 Å². The van der Waals surface area contributed by atoms with E-state index in [0.717, 1.165) is 30.5 Å². The van der Waals surface area contributed by atoms with Gasteiger partial charge in [0.15, 0.2) is 0 Å². The van der Waals surface area contributed by atoms with Crippen LogP contribution < -0.4 is 4.74 Å². The molecular weight excluding hydrogens is 468 g/mol. The summed E-state index contributed by atoms with van der Waals surface area (Å²) in [7, 11) is 0. The molecule has 9 heteroatoms. The highest BCUT2D eigenvalue weighted by atomic mass is 19.4. The fourth-order valence-corrected chi connectivity index (χ4v) is 3.15. The number of benzene rings is 3. The average Bonchev–Trinajstić information content (AvgIpc) is 2.72. The average molecular weight is 484 g/mol. The summed E-state index contributed by atoms with van der Waals surface area (Å²) in [4.78, 5) is 0. The molecule has 0 unspecified atom stereocenters. The molecule has 0 spiro atoms. The lowest BCUT2D eigenvalue weighted by atomic mass is 10.0. The van der Waals surface area contributed by atoms with Crippen molar-refractivity contribution in [3.63, 3.8) is 0 Å². The lowest BCUT2D eigenvalue weighted by molar-refractivity contribution is -0.187. The molecule has 0 aliphatic rings. The number of ether oxygens (including phenoxy) is 1. The van der Waals surface area contributed by atoms with Crippen molar-refractivity contribution in [3.05, 3.63) is 88.7 Å². The fourth-order valence-electron chi connectivity index (χ4n) is 3.15. The van der Waals surface area contributed by atoms with Crippen LogP contribution in [0.3, 0.4) is 0 Å². The zero-order chi connectivity index (χ0) is 25.1. The molecule has 0 saturated carbocycles. The van der Waals surface area contributed by atoms with E-state index in [-0.39, 0.29) is 12.1 Å². The second-order valence-electron chi connectivity index (χ2n) is 7.27. The van der Waals surface area contributed by atoms with Crippen LogP contribution in [0.4, 0.5) is 35.1 Å². The van der Waals surface area contributed by atoms with Gasteiger partial charge in [-0.05, 0) is 35.2 Å². The summed E-state index contributed by atoms with van der Waals surface area (Å²) in [6.45, 7) is 2.02. The molecule has 0 radical (unpaired) electrons. The van der Waals surface area contributed by atoms with Crippen molar-refractivity contribution in [3.8, 4) is 28.7 Å². The Bertz CT molecular complexity index is 1210. The fraction of sp³-hybridized carbons (Fsp3) is 0.200. The Morgan fingerprint density at radius 2 is 1.35 bits per heavy atom. The zero-order valence-electron chi connectivity index (χ0n) is 17.5. The van der Waals surface area contributed by atoms with Gasteiger partial charge < -0.3 is 4.74 Å². The van der Waals surface area contributed by atoms with Crippen LogP contribution in [0, 0.1) is 29.3 Å². The van der Waals surface area contributed by atoms with Gasteiger partial charge in [-0.15, -0.1) is 0 Å². The van der Waals surface area contributed by atoms with E-state index in [4.69, 9.17) is 0 Å². The van der Waals surface area contributed by atoms with Crippen molar-refractivity contribution in [2.24, 2.45) is 0 Å². The Kier molecular flexibility index (Phi) is 7.20. The largest absolute Gasteiger partial charge is 0.458 e. The Balaban J connectivity index is 1.85. The van der Waals surface area contributed by atoms with Crippen LogP contribution >= 0.6 is 0 Å². The van der Waals surface area contributed by atoms with Crippen molar-refractivity contribution in [2.45, 2.75) is 32.1 Å². The van der Waals surface area contributed by atoms with E-state index in [2.05, 4.69) is 4.74 Å². The second-order valence-corrected chi connectivity index (χ2v) is 7.27. The van der Waals surface area contributed by atoms with Gasteiger partial charge in [-0.2, -0.15) is 22.0 Å². The smallest absolute Gasteiger partial charge is 0.429 e. The number of rotatable bonds is 6. The predicted octanol–water partition coefficient (Wildman–Crippen LogP) is 7.77. The Morgan fingerprint density at radius 1 is 0.765 bits per heavy atom. The minimum absolute atomic E-state index is 0.238. The van der Waals surface area contributed by atoms with Crippen molar-refractivity contribution in [1.82, 2.24) is 0 Å². The standard InChI is InChI=1S/C25H16F8O/c1-2-3-15-4-6-16(7-5-15)17-8-9-20(23(28)12-17)25(32,33)34-18-13-21(26)19(22(27)14-18)10-11-24(29,30)31/h4-9,12-14H,2-3H2,1H3. The second kappa shape index (κ2) is 9.75. The molecule has 178 valence electrons. The monoisotopic (exact) mass is 484 g/mol. The quantitative estimate of drug-likeness (QED) is 0.257. The van der Waals surface area contributed by atoms with Gasteiger partial charge in [0.2, 0.25) is 0 Å². The summed E-state index contributed by atoms with van der Waals surface area (Å²) in [5, 5.41) is 0. The molecule has 0 atom stereocenters. The molecule has 0 aliphatic heterocycles. The lowest BCUT2D eigenvalue weighted by Gasteiger charge is -2.19. The molecular formula is C25H16F8O. The SMILES string of the molecule is CCCc1ccc(-c2ccc(C(F)(F)Oc3cc(F)c(C#CC(F)(F)F)c(F)c3)c(F)c2)cc1. The summed E-state index contributed by atoms with van der Waals surface area (Å²) in [6.07, 6.45) is -7.56. The molecule has 0 aliphatic carbocycles. The van der Waals surface area contributed by atoms with Crippen molar-refractivity contribution in [2.75, 3.05) is 0 Å². The molecule has 0 aromatic heterocycles. The molecule has 3 aromatic rings. The first-order valence-corrected chi connectivity index (χ1v) is 9.94. The third-order valence-electron chi connectivity index (χ3n) is 4.70. The van der Waals surface area contributed by atoms with Crippen LogP contribution in [-0.4, -0.2) is 6.18 Å². The van der Waals surface area contributed by atoms with Crippen LogP contribution in [0.2, 0.25) is 0 Å². The highest BCUT2D eigenvalue weighted by molar-refractivity contribution is 5.64. The van der Waals surface area contributed by atoms with Crippen LogP contribution in [0.5, 0.6) is 5.75 Å². The first kappa shape index (κ1) is 25.1. The van der Waals surface area contributed by atoms with E-state index in [9.17, 15) is 35.1 Å². The molecule has 0 fully saturated rings. The van der Waals surface area contributed by atoms with Crippen molar-refractivity contribution < 1.29 is 39.9 Å². The van der Waals surface area contributed by atoms with Crippen molar-refractivity contribution in [1.29, 1.82) is 0 Å². The van der Waals surface area contributed by atoms with E-state index in [0.29, 0.717) is 17.0 Å². The highest BCUT2D eigenvalue weighted by Crippen LogP contribution is 2.36. The molecule has 3 aromatic carbocycles. The molecule has 34 heavy (non-hydrogen) atoms. The summed E-state index contributed by atoms with van der Waals surface area (Å²) in [5.41, 5.74) is -0.480. The van der Waals surface area contributed by atoms with Gasteiger partial charge in [0.05, 0.1) is 11.1 Å². The zero-order valence-corrected chi connectivity index (χ0v) is 17.5. The third-order valence-corrected chi connectivity index (χ3v) is 4.70. The van der Waals surface area contributed by atoms with E-state index >= 15 is 0 Å². The maximum absolute atomic E-state index is 14.6. The van der Waals surface area contributed by atoms with Gasteiger partial charge in [0.1, 0.15) is 23.2 Å². The van der Waals surface area contributed by atoms with E-state index in [1.54, 1.807) is 12.1 Å². The minimum Gasteiger partial charge on any atom is -0.429 e. The topological polar surface area (TPSA) is 9.23 Å². The Morgan fingerprint density at radius 3 is 1.88 bits per heavy atom. The predicted molar refractivity (Wildman–Crippen MR) is 110 cm³/mol. The van der Waals surface area contributed by atoms with Crippen LogP contribution in [0.1, 0.15) is 30.0 Å². The lowest BCUT2D eigenvalue weighted by Crippen LogP contribution is -2.23. The molecule has 0 saturated heterocycles. The number of hydrogen-bond donors (Lipinski definition) is 0. The maximum Gasteiger partial charge on any atom is 0.458 e. The van der Waals surface area contributed by atoms with Gasteiger partial charge in [0, 0.05) is 18.1 Å². The van der Waals surface area contributed by atoms with Crippen LogP contribution in [0.15, 0.2) is 54.6 Å². The summed E-state index contributed by atoms with van der Waals surface area (Å²) >= 11 is 0. The normalized spacial score (nSPS) is 11.7. The van der Waals surface area contributed by atoms with Crippen LogP contribution in [-0.2, 0) is 12.5 Å². The van der Waals surface area contributed by atoms with Crippen LogP contribution in [0.25, 0.3) is 11.1 Å². The third kappa shape index (κ3) is 6.07. The first-order valence-electron chi connectivity index (χ1n) is 9.94. The molecule has 0 N–H and O–H groups in total. The molecule has 0 heterocycles. The van der Waals surface area contributed by atoms with E-state index in [1.807, 2.05) is 19.1 Å². The first-order chi connectivity index (χ1) is 15.9. The highest BCUT2D eigenvalue weighted by Gasteiger charge is 2.38. The number of aryl methyl sites for hydroxylation is 1. The Hall–Kier alpha value is -3.54. The number of alkyl halides is 5. The summed E-state index contributed by atoms with van der Waals surface area (Å²) in [5.74, 6) is -3.75. The van der Waals surface area contributed by atoms with Gasteiger partial charge in [-0.25, -0.2) is 13.2 Å².